The van der Waals surface area contributed by atoms with Gasteiger partial charge in [-0.15, -0.1) is 0 Å². The lowest BCUT2D eigenvalue weighted by Gasteiger charge is -2.41. The molecular formula is C41H52N6O5. The van der Waals surface area contributed by atoms with E-state index in [0.717, 1.165) is 16.6 Å². The number of para-hydroxylation sites is 1. The van der Waals surface area contributed by atoms with Gasteiger partial charge in [0.05, 0.1) is 42.1 Å². The minimum absolute atomic E-state index is 0.139. The monoisotopic (exact) mass is 708 g/mol. The van der Waals surface area contributed by atoms with Gasteiger partial charge in [0.1, 0.15) is 11.7 Å². The third-order valence-electron chi connectivity index (χ3n) is 9.24. The van der Waals surface area contributed by atoms with E-state index >= 15 is 0 Å². The molecule has 5 rings (SSSR count). The lowest BCUT2D eigenvalue weighted by Crippen LogP contribution is -2.60. The number of ether oxygens (including phenoxy) is 1. The Labute approximate surface area is 306 Å². The minimum atomic E-state index is -1.04. The average molecular weight is 709 g/mol. The zero-order valence-corrected chi connectivity index (χ0v) is 30.8. The van der Waals surface area contributed by atoms with Gasteiger partial charge in [-0.3, -0.25) is 24.3 Å². The number of benzene rings is 2. The molecule has 0 saturated carbocycles. The Morgan fingerprint density at radius 2 is 1.67 bits per heavy atom. The summed E-state index contributed by atoms with van der Waals surface area (Å²) in [7, 11) is 0. The molecule has 4 aromatic rings. The van der Waals surface area contributed by atoms with Crippen LogP contribution >= 0.6 is 0 Å². The lowest BCUT2D eigenvalue weighted by molar-refractivity contribution is -0.134. The van der Waals surface area contributed by atoms with Gasteiger partial charge in [0, 0.05) is 30.2 Å². The maximum atomic E-state index is 14.0. The number of nitrogens with one attached hydrogen (secondary N) is 3. The molecule has 5 atom stereocenters. The summed E-state index contributed by atoms with van der Waals surface area (Å²) >= 11 is 0. The van der Waals surface area contributed by atoms with E-state index in [0.29, 0.717) is 37.9 Å². The van der Waals surface area contributed by atoms with Gasteiger partial charge in [0.25, 0.3) is 5.91 Å². The maximum Gasteiger partial charge on any atom is 0.270 e. The van der Waals surface area contributed by atoms with E-state index < -0.39 is 41.6 Å². The Hall–Kier alpha value is -4.71. The number of fused-ring (bicyclic) bond motifs is 1. The summed E-state index contributed by atoms with van der Waals surface area (Å²) in [4.78, 5) is 51.9. The highest BCUT2D eigenvalue weighted by atomic mass is 16.5. The molecule has 1 saturated heterocycles. The van der Waals surface area contributed by atoms with Gasteiger partial charge >= 0.3 is 0 Å². The summed E-state index contributed by atoms with van der Waals surface area (Å²) in [6.45, 7) is 10.5. The molecule has 276 valence electrons. The van der Waals surface area contributed by atoms with Crippen molar-refractivity contribution in [2.75, 3.05) is 13.1 Å². The van der Waals surface area contributed by atoms with Crippen LogP contribution in [0.5, 0.6) is 0 Å². The summed E-state index contributed by atoms with van der Waals surface area (Å²) in [5, 5.41) is 21.9. The van der Waals surface area contributed by atoms with Crippen molar-refractivity contribution >= 4 is 28.6 Å². The van der Waals surface area contributed by atoms with Crippen LogP contribution in [0.1, 0.15) is 69.2 Å². The van der Waals surface area contributed by atoms with Crippen LogP contribution in [0.25, 0.3) is 10.9 Å². The van der Waals surface area contributed by atoms with Crippen LogP contribution in [-0.2, 0) is 27.4 Å². The molecular weight excluding hydrogens is 656 g/mol. The molecule has 2 aromatic carbocycles. The summed E-state index contributed by atoms with van der Waals surface area (Å²) in [6.07, 6.45) is 1.98. The normalized spacial score (nSPS) is 18.4. The number of hydrogen-bond acceptors (Lipinski definition) is 8. The third-order valence-corrected chi connectivity index (χ3v) is 9.24. The molecule has 2 aromatic heterocycles. The smallest absolute Gasteiger partial charge is 0.270 e. The van der Waals surface area contributed by atoms with Crippen LogP contribution in [0.2, 0.25) is 0 Å². The summed E-state index contributed by atoms with van der Waals surface area (Å²) in [5.41, 5.74) is 2.20. The average Bonchev–Trinajstić information content (AvgIpc) is 3.12. The molecule has 1 fully saturated rings. The van der Waals surface area contributed by atoms with Gasteiger partial charge in [0.2, 0.25) is 11.8 Å². The zero-order chi connectivity index (χ0) is 37.3. The number of likely N-dealkylation sites (tertiary alicyclic amines) is 1. The number of carbonyl (C=O) groups is 3. The number of nitrogens with zero attached hydrogens (tertiary/aromatic N) is 3. The van der Waals surface area contributed by atoms with Crippen LogP contribution in [0.3, 0.4) is 0 Å². The molecule has 1 aliphatic rings. The van der Waals surface area contributed by atoms with Crippen LogP contribution in [-0.4, -0.2) is 86.7 Å². The van der Waals surface area contributed by atoms with Crippen molar-refractivity contribution in [2.24, 2.45) is 5.92 Å². The number of aliphatic hydroxyl groups excluding tert-OH is 1. The standard InChI is InChI=1S/C41H52N6O5/c1-27(2)37(45-38(49)33-19-18-29-15-9-10-17-32(29)43-33)40(51)44-34(23-28-13-7-6-8-14-28)36(48)25-47-22-20-31(52-26-30-16-11-12-21-42-30)24-35(47)39(50)46-41(3,4)5/h6-19,21,27,31,34-37,48H,20,22-26H2,1-5H3,(H,44,51)(H,45,49)(H,46,50)/t31-,34+,35?,36-,37+/m1/s1. The number of β-amino-alcohol motifs (C(OH)–C–C–N with tert-alkyl or cyclic N) is 1. The first-order valence-electron chi connectivity index (χ1n) is 18.1. The molecule has 52 heavy (non-hydrogen) atoms. The largest absolute Gasteiger partial charge is 0.390 e. The van der Waals surface area contributed by atoms with Gasteiger partial charge in [-0.1, -0.05) is 74.5 Å². The highest BCUT2D eigenvalue weighted by Gasteiger charge is 2.38. The number of pyridine rings is 2. The fourth-order valence-electron chi connectivity index (χ4n) is 6.50. The molecule has 11 heteroatoms. The highest BCUT2D eigenvalue weighted by molar-refractivity contribution is 5.98. The predicted molar refractivity (Wildman–Crippen MR) is 201 cm³/mol. The third kappa shape index (κ3) is 10.9. The van der Waals surface area contributed by atoms with Crippen molar-refractivity contribution in [2.45, 2.75) is 96.4 Å². The van der Waals surface area contributed by atoms with Gasteiger partial charge in [-0.25, -0.2) is 4.98 Å². The maximum absolute atomic E-state index is 14.0. The van der Waals surface area contributed by atoms with Crippen molar-refractivity contribution in [3.8, 4) is 0 Å². The fraction of sp³-hybridized carbons (Fsp3) is 0.439. The number of hydrogen-bond donors (Lipinski definition) is 4. The molecule has 1 aliphatic heterocycles. The lowest BCUT2D eigenvalue weighted by atomic mass is 9.94. The highest BCUT2D eigenvalue weighted by Crippen LogP contribution is 2.24. The molecule has 0 spiro atoms. The van der Waals surface area contributed by atoms with E-state index in [-0.39, 0.29) is 30.2 Å². The summed E-state index contributed by atoms with van der Waals surface area (Å²) < 4.78 is 6.22. The van der Waals surface area contributed by atoms with Gasteiger partial charge in [0.15, 0.2) is 0 Å². The van der Waals surface area contributed by atoms with Crippen LogP contribution in [0.15, 0.2) is 91.1 Å². The van der Waals surface area contributed by atoms with E-state index in [2.05, 4.69) is 25.9 Å². The number of aliphatic hydroxyl groups is 1. The molecule has 1 unspecified atom stereocenters. The molecule has 0 radical (unpaired) electrons. The van der Waals surface area contributed by atoms with E-state index in [1.54, 1.807) is 12.3 Å². The Balaban J connectivity index is 1.31. The topological polar surface area (TPSA) is 146 Å². The quantitative estimate of drug-likeness (QED) is 0.151. The molecule has 4 N–H and O–H groups in total. The van der Waals surface area contributed by atoms with E-state index in [4.69, 9.17) is 4.74 Å². The summed E-state index contributed by atoms with van der Waals surface area (Å²) in [6, 6.07) is 24.2. The van der Waals surface area contributed by atoms with Crippen molar-refractivity contribution < 1.29 is 24.2 Å². The Morgan fingerprint density at radius 3 is 2.38 bits per heavy atom. The molecule has 0 bridgehead atoms. The molecule has 3 amide bonds. The van der Waals surface area contributed by atoms with Crippen molar-refractivity contribution in [1.29, 1.82) is 0 Å². The van der Waals surface area contributed by atoms with Gasteiger partial charge in [-0.2, -0.15) is 0 Å². The summed E-state index contributed by atoms with van der Waals surface area (Å²) in [5.74, 6) is -1.26. The van der Waals surface area contributed by atoms with E-state index in [1.807, 2.05) is 118 Å². The van der Waals surface area contributed by atoms with Crippen molar-refractivity contribution in [3.05, 3.63) is 108 Å². The fourth-order valence-corrected chi connectivity index (χ4v) is 6.50. The Bertz CT molecular complexity index is 1780. The second-order valence-electron chi connectivity index (χ2n) is 15.0. The van der Waals surface area contributed by atoms with Gasteiger partial charge in [-0.05, 0) is 75.8 Å². The van der Waals surface area contributed by atoms with Crippen LogP contribution in [0, 0.1) is 5.92 Å². The Kier molecular flexibility index (Phi) is 13.1. The van der Waals surface area contributed by atoms with Crippen molar-refractivity contribution in [3.63, 3.8) is 0 Å². The molecule has 0 aliphatic carbocycles. The second-order valence-corrected chi connectivity index (χ2v) is 15.0. The number of piperidine rings is 1. The SMILES string of the molecule is CC(C)[C@H](NC(=O)c1ccc2ccccc2n1)C(=O)N[C@@H](Cc1ccccc1)[C@H](O)CN1CC[C@@H](OCc2ccccn2)CC1C(=O)NC(C)(C)C. The van der Waals surface area contributed by atoms with Gasteiger partial charge < -0.3 is 25.8 Å². The van der Waals surface area contributed by atoms with E-state index in [1.165, 1.54) is 0 Å². The number of amides is 3. The minimum Gasteiger partial charge on any atom is -0.390 e. The predicted octanol–water partition coefficient (Wildman–Crippen LogP) is 4.44. The number of aromatic nitrogens is 2. The second kappa shape index (κ2) is 17.7. The first kappa shape index (κ1) is 38.5. The van der Waals surface area contributed by atoms with Crippen molar-refractivity contribution in [1.82, 2.24) is 30.8 Å². The van der Waals surface area contributed by atoms with Crippen LogP contribution in [0.4, 0.5) is 0 Å². The molecule has 11 nitrogen and oxygen atoms in total. The number of carbonyl (C=O) groups excluding carboxylic acids is 3. The molecule has 3 heterocycles. The Morgan fingerprint density at radius 1 is 0.942 bits per heavy atom. The number of rotatable bonds is 14. The zero-order valence-electron chi connectivity index (χ0n) is 30.8. The first-order chi connectivity index (χ1) is 24.9. The first-order valence-corrected chi connectivity index (χ1v) is 18.1. The van der Waals surface area contributed by atoms with Crippen LogP contribution < -0.4 is 16.0 Å². The van der Waals surface area contributed by atoms with E-state index in [9.17, 15) is 19.5 Å².